The molecule has 0 fully saturated rings. The molecule has 172 valence electrons. The topological polar surface area (TPSA) is 95.2 Å². The molecule has 0 atom stereocenters. The summed E-state index contributed by atoms with van der Waals surface area (Å²) in [5.41, 5.74) is 15.4. The second-order valence-electron chi connectivity index (χ2n) is 6.79. The summed E-state index contributed by atoms with van der Waals surface area (Å²) in [5.74, 6) is 2.23. The number of hydrogen-bond acceptors (Lipinski definition) is 6. The molecular formula is C24H25FN4O2S2. The highest BCUT2D eigenvalue weighted by molar-refractivity contribution is 8.13. The zero-order valence-corrected chi connectivity index (χ0v) is 20.0. The second-order valence-corrected chi connectivity index (χ2v) is 8.78. The number of amidine groups is 2. The van der Waals surface area contributed by atoms with Crippen molar-refractivity contribution in [3.8, 4) is 11.5 Å². The molecule has 0 saturated heterocycles. The summed E-state index contributed by atoms with van der Waals surface area (Å²) in [6.07, 6.45) is 0. The van der Waals surface area contributed by atoms with E-state index >= 15 is 0 Å². The lowest BCUT2D eigenvalue weighted by atomic mass is 10.1. The van der Waals surface area contributed by atoms with Gasteiger partial charge < -0.3 is 20.9 Å². The molecule has 0 aliphatic heterocycles. The molecule has 0 heterocycles. The van der Waals surface area contributed by atoms with Crippen LogP contribution >= 0.6 is 23.5 Å². The van der Waals surface area contributed by atoms with Gasteiger partial charge in [0.15, 0.2) is 10.3 Å². The fourth-order valence-corrected chi connectivity index (χ4v) is 4.30. The highest BCUT2D eigenvalue weighted by Gasteiger charge is 2.08. The average molecular weight is 485 g/mol. The Morgan fingerprint density at radius 3 is 1.64 bits per heavy atom. The van der Waals surface area contributed by atoms with Crippen molar-refractivity contribution in [1.82, 2.24) is 0 Å². The van der Waals surface area contributed by atoms with E-state index in [1.807, 2.05) is 48.5 Å². The van der Waals surface area contributed by atoms with Gasteiger partial charge >= 0.3 is 0 Å². The molecule has 33 heavy (non-hydrogen) atoms. The third-order valence-corrected chi connectivity index (χ3v) is 6.23. The first-order valence-electron chi connectivity index (χ1n) is 9.96. The summed E-state index contributed by atoms with van der Waals surface area (Å²) < 4.78 is 24.2. The van der Waals surface area contributed by atoms with Gasteiger partial charge in [-0.3, -0.25) is 0 Å². The maximum absolute atomic E-state index is 13.9. The summed E-state index contributed by atoms with van der Waals surface area (Å²) in [7, 11) is 3.22. The van der Waals surface area contributed by atoms with Crippen molar-refractivity contribution in [1.29, 1.82) is 0 Å². The van der Waals surface area contributed by atoms with Crippen LogP contribution in [0, 0.1) is 5.82 Å². The van der Waals surface area contributed by atoms with Crippen LogP contribution in [-0.4, -0.2) is 24.6 Å². The van der Waals surface area contributed by atoms with Crippen LogP contribution in [0.4, 0.5) is 15.8 Å². The van der Waals surface area contributed by atoms with E-state index in [1.54, 1.807) is 20.3 Å². The first-order chi connectivity index (χ1) is 16.0. The predicted molar refractivity (Wildman–Crippen MR) is 138 cm³/mol. The van der Waals surface area contributed by atoms with E-state index in [0.717, 1.165) is 34.0 Å². The number of aliphatic imine (C=N–C) groups is 2. The number of ether oxygens (including phenoxy) is 2. The number of thioether (sulfide) groups is 2. The fraction of sp³-hybridized carbons (Fsp3) is 0.167. The molecule has 0 bridgehead atoms. The summed E-state index contributed by atoms with van der Waals surface area (Å²) >= 11 is 2.73. The molecule has 0 amide bonds. The van der Waals surface area contributed by atoms with E-state index in [2.05, 4.69) is 9.98 Å². The summed E-state index contributed by atoms with van der Waals surface area (Å²) in [6.45, 7) is 0. The van der Waals surface area contributed by atoms with E-state index < -0.39 is 0 Å². The zero-order chi connectivity index (χ0) is 23.6. The van der Waals surface area contributed by atoms with Crippen molar-refractivity contribution in [2.75, 3.05) is 14.2 Å². The lowest BCUT2D eigenvalue weighted by molar-refractivity contribution is 0.415. The molecule has 4 N–H and O–H groups in total. The Hall–Kier alpha value is -3.17. The van der Waals surface area contributed by atoms with Gasteiger partial charge in [-0.1, -0.05) is 29.6 Å². The van der Waals surface area contributed by atoms with E-state index in [0.29, 0.717) is 21.8 Å². The first-order valence-corrected chi connectivity index (χ1v) is 11.9. The van der Waals surface area contributed by atoms with Crippen LogP contribution < -0.4 is 20.9 Å². The van der Waals surface area contributed by atoms with Gasteiger partial charge in [0.2, 0.25) is 0 Å². The van der Waals surface area contributed by atoms with Gasteiger partial charge in [-0.05, 0) is 71.8 Å². The molecule has 0 unspecified atom stereocenters. The number of nitrogens with two attached hydrogens (primary N) is 2. The Bertz CT molecular complexity index is 1120. The fourth-order valence-electron chi connectivity index (χ4n) is 2.81. The quantitative estimate of drug-likeness (QED) is 0.319. The summed E-state index contributed by atoms with van der Waals surface area (Å²) in [5, 5.41) is 0.812. The minimum Gasteiger partial charge on any atom is -0.497 e. The second kappa shape index (κ2) is 12.2. The molecular weight excluding hydrogens is 459 g/mol. The Labute approximate surface area is 201 Å². The molecule has 0 aromatic heterocycles. The number of nitrogens with zero attached hydrogens (tertiary/aromatic N) is 2. The molecule has 0 radical (unpaired) electrons. The SMILES string of the molecule is COc1ccc(/N=C(\N)SCc2ccc(F)cc2CS/C(N)=N/c2ccc(OC)cc2)cc1. The Kier molecular flexibility index (Phi) is 9.03. The van der Waals surface area contributed by atoms with E-state index in [4.69, 9.17) is 20.9 Å². The van der Waals surface area contributed by atoms with Gasteiger partial charge in [0.1, 0.15) is 17.3 Å². The molecule has 9 heteroatoms. The maximum atomic E-state index is 13.9. The lowest BCUT2D eigenvalue weighted by Crippen LogP contribution is -2.08. The number of benzene rings is 3. The first kappa shape index (κ1) is 24.5. The van der Waals surface area contributed by atoms with Gasteiger partial charge in [0.25, 0.3) is 0 Å². The number of methoxy groups -OCH3 is 2. The van der Waals surface area contributed by atoms with Gasteiger partial charge in [0, 0.05) is 11.5 Å². The number of halogens is 1. The van der Waals surface area contributed by atoms with Crippen molar-refractivity contribution < 1.29 is 13.9 Å². The highest BCUT2D eigenvalue weighted by atomic mass is 32.2. The molecule has 0 aliphatic rings. The van der Waals surface area contributed by atoms with Gasteiger partial charge in [-0.15, -0.1) is 0 Å². The lowest BCUT2D eigenvalue weighted by Gasteiger charge is -2.10. The number of rotatable bonds is 8. The molecule has 0 spiro atoms. The molecule has 3 aromatic rings. The number of hydrogen-bond donors (Lipinski definition) is 2. The van der Waals surface area contributed by atoms with Crippen molar-refractivity contribution >= 4 is 45.2 Å². The van der Waals surface area contributed by atoms with E-state index in [1.165, 1.54) is 35.7 Å². The van der Waals surface area contributed by atoms with Crippen molar-refractivity contribution in [2.45, 2.75) is 11.5 Å². The molecule has 6 nitrogen and oxygen atoms in total. The monoisotopic (exact) mass is 484 g/mol. The molecule has 3 aromatic carbocycles. The van der Waals surface area contributed by atoms with Crippen LogP contribution in [0.15, 0.2) is 76.7 Å². The maximum Gasteiger partial charge on any atom is 0.159 e. The standard InChI is InChI=1S/C24H25FN4O2S2/c1-30-21-9-5-19(6-10-21)28-23(26)32-14-16-3-4-18(25)13-17(16)15-33-24(27)29-20-7-11-22(31-2)12-8-20/h3-13H,14-15H2,1-2H3,(H2,26,28)(H2,27,29). The molecule has 0 saturated carbocycles. The van der Waals surface area contributed by atoms with E-state index in [9.17, 15) is 4.39 Å². The van der Waals surface area contributed by atoms with Crippen LogP contribution in [-0.2, 0) is 11.5 Å². The zero-order valence-electron chi connectivity index (χ0n) is 18.3. The minimum atomic E-state index is -0.301. The highest BCUT2D eigenvalue weighted by Crippen LogP contribution is 2.25. The Morgan fingerprint density at radius 1 is 0.727 bits per heavy atom. The molecule has 0 aliphatic carbocycles. The third-order valence-electron chi connectivity index (χ3n) is 4.54. The average Bonchev–Trinajstić information content (AvgIpc) is 2.83. The van der Waals surface area contributed by atoms with Gasteiger partial charge in [0.05, 0.1) is 25.6 Å². The summed E-state index contributed by atoms with van der Waals surface area (Å²) in [6, 6.07) is 19.3. The van der Waals surface area contributed by atoms with Crippen LogP contribution in [0.1, 0.15) is 11.1 Å². The Balaban J connectivity index is 1.63. The van der Waals surface area contributed by atoms with Gasteiger partial charge in [-0.2, -0.15) is 0 Å². The van der Waals surface area contributed by atoms with Crippen LogP contribution in [0.5, 0.6) is 11.5 Å². The van der Waals surface area contributed by atoms with Crippen molar-refractivity contribution in [3.05, 3.63) is 83.7 Å². The molecule has 3 rings (SSSR count). The predicted octanol–water partition coefficient (Wildman–Crippen LogP) is 5.60. The Morgan fingerprint density at radius 2 is 1.18 bits per heavy atom. The van der Waals surface area contributed by atoms with Crippen molar-refractivity contribution in [3.63, 3.8) is 0 Å². The van der Waals surface area contributed by atoms with E-state index in [-0.39, 0.29) is 5.82 Å². The van der Waals surface area contributed by atoms with Crippen LogP contribution in [0.3, 0.4) is 0 Å². The minimum absolute atomic E-state index is 0.301. The van der Waals surface area contributed by atoms with Crippen LogP contribution in [0.25, 0.3) is 0 Å². The largest absolute Gasteiger partial charge is 0.497 e. The normalized spacial score (nSPS) is 12.0. The van der Waals surface area contributed by atoms with Gasteiger partial charge in [-0.25, -0.2) is 14.4 Å². The van der Waals surface area contributed by atoms with Crippen LogP contribution in [0.2, 0.25) is 0 Å². The third kappa shape index (κ3) is 7.73. The smallest absolute Gasteiger partial charge is 0.159 e. The van der Waals surface area contributed by atoms with Crippen molar-refractivity contribution in [2.24, 2.45) is 21.5 Å². The summed E-state index contributed by atoms with van der Waals surface area (Å²) in [4.78, 5) is 8.79.